The smallest absolute Gasteiger partial charge is 0.252 e. The summed E-state index contributed by atoms with van der Waals surface area (Å²) in [6, 6.07) is 8.48. The lowest BCUT2D eigenvalue weighted by molar-refractivity contribution is -0.116. The van der Waals surface area contributed by atoms with Crippen molar-refractivity contribution >= 4 is 34.6 Å². The zero-order valence-corrected chi connectivity index (χ0v) is 12.9. The molecular formula is C16H16N2O3S. The predicted octanol–water partition coefficient (Wildman–Crippen LogP) is 2.71. The summed E-state index contributed by atoms with van der Waals surface area (Å²) in [4.78, 5) is 34.8. The molecule has 5 nitrogen and oxygen atoms in total. The number of thiophene rings is 1. The molecule has 2 amide bonds. The number of hydrogen-bond acceptors (Lipinski definition) is 4. The molecule has 114 valence electrons. The monoisotopic (exact) mass is 316 g/mol. The van der Waals surface area contributed by atoms with Crippen molar-refractivity contribution in [2.45, 2.75) is 13.3 Å². The number of amides is 2. The van der Waals surface area contributed by atoms with E-state index in [1.54, 1.807) is 35.7 Å². The zero-order valence-electron chi connectivity index (χ0n) is 12.1. The summed E-state index contributed by atoms with van der Waals surface area (Å²) in [6.45, 7) is 1.73. The number of benzene rings is 1. The minimum absolute atomic E-state index is 0.0564. The molecule has 1 heterocycles. The Bertz CT molecular complexity index is 680. The maximum absolute atomic E-state index is 11.8. The average molecular weight is 316 g/mol. The van der Waals surface area contributed by atoms with Gasteiger partial charge in [-0.05, 0) is 30.5 Å². The Balaban J connectivity index is 1.79. The number of ketones is 1. The van der Waals surface area contributed by atoms with Gasteiger partial charge in [0.1, 0.15) is 0 Å². The Labute approximate surface area is 132 Å². The number of nitrogens with one attached hydrogen (secondary N) is 2. The lowest BCUT2D eigenvalue weighted by Crippen LogP contribution is -2.27. The molecule has 2 aromatic rings. The summed E-state index contributed by atoms with van der Waals surface area (Å²) >= 11 is 1.45. The van der Waals surface area contributed by atoms with Crippen molar-refractivity contribution in [3.05, 3.63) is 52.2 Å². The Hall–Kier alpha value is -2.47. The van der Waals surface area contributed by atoms with Crippen LogP contribution in [0, 0.1) is 0 Å². The van der Waals surface area contributed by atoms with Gasteiger partial charge >= 0.3 is 0 Å². The Morgan fingerprint density at radius 1 is 1.14 bits per heavy atom. The minimum atomic E-state index is -0.216. The van der Waals surface area contributed by atoms with Gasteiger partial charge in [-0.2, -0.15) is 11.3 Å². The number of Topliss-reactive ketones (excluding diaryl/α,β-unsaturated/α-hetero) is 1. The van der Waals surface area contributed by atoms with Gasteiger partial charge in [-0.3, -0.25) is 14.4 Å². The van der Waals surface area contributed by atoms with Gasteiger partial charge in [0, 0.05) is 35.2 Å². The maximum atomic E-state index is 11.8. The first kappa shape index (κ1) is 15.9. The van der Waals surface area contributed by atoms with Crippen molar-refractivity contribution in [1.82, 2.24) is 5.32 Å². The second kappa shape index (κ2) is 7.51. The third-order valence-corrected chi connectivity index (χ3v) is 3.66. The van der Waals surface area contributed by atoms with Gasteiger partial charge in [0.2, 0.25) is 5.91 Å². The largest absolute Gasteiger partial charge is 0.351 e. The van der Waals surface area contributed by atoms with Crippen molar-refractivity contribution in [3.8, 4) is 0 Å². The third-order valence-electron chi connectivity index (χ3n) is 2.97. The van der Waals surface area contributed by atoms with Crippen LogP contribution in [0.15, 0.2) is 41.1 Å². The van der Waals surface area contributed by atoms with E-state index in [9.17, 15) is 14.4 Å². The van der Waals surface area contributed by atoms with Crippen molar-refractivity contribution in [1.29, 1.82) is 0 Å². The van der Waals surface area contributed by atoms with Crippen LogP contribution in [-0.2, 0) is 4.79 Å². The Kier molecular flexibility index (Phi) is 5.43. The van der Waals surface area contributed by atoms with E-state index in [1.165, 1.54) is 18.3 Å². The van der Waals surface area contributed by atoms with E-state index in [-0.39, 0.29) is 30.6 Å². The summed E-state index contributed by atoms with van der Waals surface area (Å²) in [5.41, 5.74) is 1.71. The first-order valence-corrected chi connectivity index (χ1v) is 7.72. The van der Waals surface area contributed by atoms with E-state index in [4.69, 9.17) is 0 Å². The molecule has 1 aromatic heterocycles. The normalized spacial score (nSPS) is 10.0. The van der Waals surface area contributed by atoms with E-state index in [0.717, 1.165) is 0 Å². The van der Waals surface area contributed by atoms with Crippen molar-refractivity contribution in [2.75, 3.05) is 11.9 Å². The first-order chi connectivity index (χ1) is 10.6. The molecule has 0 radical (unpaired) electrons. The molecule has 0 bridgehead atoms. The second-order valence-electron chi connectivity index (χ2n) is 4.70. The summed E-state index contributed by atoms with van der Waals surface area (Å²) in [6.07, 6.45) is 0.167. The zero-order chi connectivity index (χ0) is 15.9. The second-order valence-corrected chi connectivity index (χ2v) is 5.48. The number of rotatable bonds is 6. The summed E-state index contributed by atoms with van der Waals surface area (Å²) in [5, 5.41) is 8.97. The number of hydrogen-bond donors (Lipinski definition) is 2. The number of carbonyl (C=O) groups is 3. The van der Waals surface area contributed by atoms with Crippen molar-refractivity contribution < 1.29 is 14.4 Å². The fourth-order valence-electron chi connectivity index (χ4n) is 1.82. The van der Waals surface area contributed by atoms with Crippen LogP contribution in [0.1, 0.15) is 34.1 Å². The van der Waals surface area contributed by atoms with E-state index in [1.807, 2.05) is 5.38 Å². The lowest BCUT2D eigenvalue weighted by atomic mass is 10.1. The van der Waals surface area contributed by atoms with Gasteiger partial charge in [0.25, 0.3) is 5.91 Å². The standard InChI is InChI=1S/C16H16N2O3S/c1-11(19)12-3-2-4-14(9-12)18-15(20)5-7-17-16(21)13-6-8-22-10-13/h2-4,6,8-10H,5,7H2,1H3,(H,17,21)(H,18,20). The third kappa shape index (κ3) is 4.53. The van der Waals surface area contributed by atoms with Gasteiger partial charge in [-0.1, -0.05) is 12.1 Å². The quantitative estimate of drug-likeness (QED) is 0.805. The fraction of sp³-hybridized carbons (Fsp3) is 0.188. The van der Waals surface area contributed by atoms with E-state index >= 15 is 0 Å². The summed E-state index contributed by atoms with van der Waals surface area (Å²) in [5.74, 6) is -0.460. The van der Waals surface area contributed by atoms with Crippen molar-refractivity contribution in [2.24, 2.45) is 0 Å². The molecule has 0 unspecified atom stereocenters. The van der Waals surface area contributed by atoms with Crippen LogP contribution in [-0.4, -0.2) is 24.1 Å². The molecular weight excluding hydrogens is 300 g/mol. The molecule has 0 aliphatic carbocycles. The highest BCUT2D eigenvalue weighted by molar-refractivity contribution is 7.08. The molecule has 2 rings (SSSR count). The van der Waals surface area contributed by atoms with Crippen LogP contribution in [0.25, 0.3) is 0 Å². The molecule has 1 aromatic carbocycles. The average Bonchev–Trinajstić information content (AvgIpc) is 3.01. The van der Waals surface area contributed by atoms with Gasteiger partial charge in [-0.15, -0.1) is 0 Å². The molecule has 0 aliphatic rings. The van der Waals surface area contributed by atoms with Crippen LogP contribution >= 0.6 is 11.3 Å². The highest BCUT2D eigenvalue weighted by Gasteiger charge is 2.08. The lowest BCUT2D eigenvalue weighted by Gasteiger charge is -2.07. The van der Waals surface area contributed by atoms with Crippen LogP contribution < -0.4 is 10.6 Å². The van der Waals surface area contributed by atoms with Gasteiger partial charge in [-0.25, -0.2) is 0 Å². The van der Waals surface area contributed by atoms with Gasteiger partial charge in [0.15, 0.2) is 5.78 Å². The molecule has 0 spiro atoms. The van der Waals surface area contributed by atoms with Crippen LogP contribution in [0.2, 0.25) is 0 Å². The number of anilines is 1. The highest BCUT2D eigenvalue weighted by atomic mass is 32.1. The molecule has 22 heavy (non-hydrogen) atoms. The molecule has 2 N–H and O–H groups in total. The molecule has 0 aliphatic heterocycles. The summed E-state index contributed by atoms with van der Waals surface area (Å²) < 4.78 is 0. The maximum Gasteiger partial charge on any atom is 0.252 e. The SMILES string of the molecule is CC(=O)c1cccc(NC(=O)CCNC(=O)c2ccsc2)c1. The first-order valence-electron chi connectivity index (χ1n) is 6.77. The fourth-order valence-corrected chi connectivity index (χ4v) is 2.46. The number of carbonyl (C=O) groups excluding carboxylic acids is 3. The van der Waals surface area contributed by atoms with E-state index < -0.39 is 0 Å². The highest BCUT2D eigenvalue weighted by Crippen LogP contribution is 2.11. The molecule has 6 heteroatoms. The minimum Gasteiger partial charge on any atom is -0.351 e. The molecule has 0 saturated carbocycles. The predicted molar refractivity (Wildman–Crippen MR) is 86.3 cm³/mol. The Morgan fingerprint density at radius 2 is 1.95 bits per heavy atom. The topological polar surface area (TPSA) is 75.3 Å². The molecule has 0 atom stereocenters. The van der Waals surface area contributed by atoms with Crippen molar-refractivity contribution in [3.63, 3.8) is 0 Å². The summed E-state index contributed by atoms with van der Waals surface area (Å²) in [7, 11) is 0. The molecule has 0 fully saturated rings. The van der Waals surface area contributed by atoms with Crippen LogP contribution in [0.4, 0.5) is 5.69 Å². The van der Waals surface area contributed by atoms with Crippen LogP contribution in [0.5, 0.6) is 0 Å². The molecule has 0 saturated heterocycles. The van der Waals surface area contributed by atoms with Gasteiger partial charge < -0.3 is 10.6 Å². The van der Waals surface area contributed by atoms with E-state index in [0.29, 0.717) is 16.8 Å². The van der Waals surface area contributed by atoms with Gasteiger partial charge in [0.05, 0.1) is 0 Å². The Morgan fingerprint density at radius 3 is 2.64 bits per heavy atom. The van der Waals surface area contributed by atoms with Crippen LogP contribution in [0.3, 0.4) is 0 Å². The van der Waals surface area contributed by atoms with E-state index in [2.05, 4.69) is 10.6 Å².